The van der Waals surface area contributed by atoms with Gasteiger partial charge in [-0.15, -0.1) is 0 Å². The molecule has 0 spiro atoms. The average Bonchev–Trinajstić information content (AvgIpc) is 3.30. The third-order valence-electron chi connectivity index (χ3n) is 8.18. The first-order chi connectivity index (χ1) is 14.2. The van der Waals surface area contributed by atoms with Gasteiger partial charge >= 0.3 is 5.97 Å². The van der Waals surface area contributed by atoms with E-state index in [1.165, 1.54) is 31.2 Å². The van der Waals surface area contributed by atoms with E-state index in [2.05, 4.69) is 42.2 Å². The van der Waals surface area contributed by atoms with Gasteiger partial charge in [0, 0.05) is 25.6 Å². The molecule has 2 aliphatic heterocycles. The zero-order valence-electron chi connectivity index (χ0n) is 17.7. The van der Waals surface area contributed by atoms with Crippen LogP contribution in [0.15, 0.2) is 30.3 Å². The van der Waals surface area contributed by atoms with Crippen molar-refractivity contribution in [1.29, 1.82) is 0 Å². The summed E-state index contributed by atoms with van der Waals surface area (Å²) in [5, 5.41) is 0. The molecule has 0 bridgehead atoms. The molecule has 1 aromatic carbocycles. The molecule has 158 valence electrons. The quantitative estimate of drug-likeness (QED) is 0.695. The summed E-state index contributed by atoms with van der Waals surface area (Å²) in [6.07, 6.45) is 7.83. The average molecular weight is 398 g/mol. The number of esters is 1. The lowest BCUT2D eigenvalue weighted by atomic mass is 9.57. The van der Waals surface area contributed by atoms with E-state index in [9.17, 15) is 4.79 Å². The Labute approximate surface area is 174 Å². The first kappa shape index (κ1) is 19.6. The number of benzene rings is 1. The van der Waals surface area contributed by atoms with Gasteiger partial charge in [0.15, 0.2) is 0 Å². The predicted molar refractivity (Wildman–Crippen MR) is 112 cm³/mol. The van der Waals surface area contributed by atoms with Crippen LogP contribution in [-0.2, 0) is 20.8 Å². The van der Waals surface area contributed by atoms with Crippen LogP contribution in [0.2, 0.25) is 0 Å². The van der Waals surface area contributed by atoms with Crippen molar-refractivity contribution in [3.63, 3.8) is 0 Å². The number of ether oxygens (including phenoxy) is 2. The van der Waals surface area contributed by atoms with Crippen molar-refractivity contribution < 1.29 is 14.3 Å². The molecule has 2 saturated heterocycles. The molecule has 7 atom stereocenters. The van der Waals surface area contributed by atoms with E-state index in [0.717, 1.165) is 45.0 Å². The van der Waals surface area contributed by atoms with E-state index in [-0.39, 0.29) is 18.0 Å². The van der Waals surface area contributed by atoms with Crippen molar-refractivity contribution in [3.05, 3.63) is 35.9 Å². The highest BCUT2D eigenvalue weighted by atomic mass is 16.6. The summed E-state index contributed by atoms with van der Waals surface area (Å²) < 4.78 is 12.2. The first-order valence-electron chi connectivity index (χ1n) is 11.8. The molecule has 4 nitrogen and oxygen atoms in total. The van der Waals surface area contributed by atoms with E-state index >= 15 is 0 Å². The van der Waals surface area contributed by atoms with Crippen LogP contribution in [-0.4, -0.2) is 42.8 Å². The highest BCUT2D eigenvalue weighted by Gasteiger charge is 2.54. The maximum Gasteiger partial charge on any atom is 0.309 e. The Kier molecular flexibility index (Phi) is 5.66. The number of carbonyl (C=O) groups is 1. The van der Waals surface area contributed by atoms with E-state index < -0.39 is 0 Å². The largest absolute Gasteiger partial charge is 0.462 e. The molecule has 4 heteroatoms. The van der Waals surface area contributed by atoms with E-state index in [0.29, 0.717) is 23.9 Å². The van der Waals surface area contributed by atoms with Crippen LogP contribution in [0.5, 0.6) is 0 Å². The van der Waals surface area contributed by atoms with Crippen LogP contribution < -0.4 is 0 Å². The fourth-order valence-electron chi connectivity index (χ4n) is 6.84. The van der Waals surface area contributed by atoms with E-state index in [1.807, 2.05) is 0 Å². The van der Waals surface area contributed by atoms with E-state index in [4.69, 9.17) is 9.47 Å². The van der Waals surface area contributed by atoms with E-state index in [1.54, 1.807) is 0 Å². The Bertz CT molecular complexity index is 707. The van der Waals surface area contributed by atoms with Gasteiger partial charge in [0.2, 0.25) is 0 Å². The van der Waals surface area contributed by atoms with Gasteiger partial charge in [-0.3, -0.25) is 9.69 Å². The Hall–Kier alpha value is -1.39. The summed E-state index contributed by atoms with van der Waals surface area (Å²) in [7, 11) is 0. The second-order valence-corrected chi connectivity index (χ2v) is 9.90. The standard InChI is InChI=1S/C25H35NO3/c1-17-24-22(25(27)29-17)13-19-9-5-6-10-21(19)23(24)16-28-20-11-12-26(15-20)14-18-7-3-2-4-8-18/h2-4,7-8,17,19-24H,5-6,9-16H2,1H3. The fraction of sp³-hybridized carbons (Fsp3) is 0.720. The molecular weight excluding hydrogens is 362 g/mol. The Morgan fingerprint density at radius 1 is 1.14 bits per heavy atom. The summed E-state index contributed by atoms with van der Waals surface area (Å²) in [6.45, 7) is 6.07. The molecular formula is C25H35NO3. The third kappa shape index (κ3) is 3.98. The van der Waals surface area contributed by atoms with Crippen molar-refractivity contribution in [2.24, 2.45) is 29.6 Å². The monoisotopic (exact) mass is 397 g/mol. The van der Waals surface area contributed by atoms with Crippen LogP contribution in [0.4, 0.5) is 0 Å². The summed E-state index contributed by atoms with van der Waals surface area (Å²) in [6, 6.07) is 10.7. The lowest BCUT2D eigenvalue weighted by molar-refractivity contribution is -0.144. The number of rotatable bonds is 5. The normalized spacial score (nSPS) is 39.8. The summed E-state index contributed by atoms with van der Waals surface area (Å²) in [5.41, 5.74) is 1.38. The van der Waals surface area contributed by atoms with Crippen molar-refractivity contribution in [3.8, 4) is 0 Å². The second kappa shape index (κ2) is 8.39. The van der Waals surface area contributed by atoms with Crippen LogP contribution >= 0.6 is 0 Å². The number of nitrogens with zero attached hydrogens (tertiary/aromatic N) is 1. The molecule has 2 aliphatic carbocycles. The maximum atomic E-state index is 12.4. The molecule has 1 aromatic rings. The van der Waals surface area contributed by atoms with Crippen LogP contribution in [0.1, 0.15) is 51.0 Å². The molecule has 0 aromatic heterocycles. The molecule has 0 amide bonds. The maximum absolute atomic E-state index is 12.4. The number of fused-ring (bicyclic) bond motifs is 2. The second-order valence-electron chi connectivity index (χ2n) is 9.90. The first-order valence-corrected chi connectivity index (χ1v) is 11.8. The number of hydrogen-bond acceptors (Lipinski definition) is 4. The lowest BCUT2D eigenvalue weighted by Gasteiger charge is -2.46. The smallest absolute Gasteiger partial charge is 0.309 e. The zero-order chi connectivity index (χ0) is 19.8. The van der Waals surface area contributed by atoms with Gasteiger partial charge in [-0.25, -0.2) is 0 Å². The van der Waals surface area contributed by atoms with Crippen molar-refractivity contribution >= 4 is 5.97 Å². The zero-order valence-corrected chi connectivity index (χ0v) is 17.7. The molecule has 5 rings (SSSR count). The minimum atomic E-state index is 0.0575. The molecule has 4 fully saturated rings. The molecule has 2 heterocycles. The summed E-state index contributed by atoms with van der Waals surface area (Å²) in [5.74, 6) is 2.47. The lowest BCUT2D eigenvalue weighted by Crippen LogP contribution is -2.46. The van der Waals surface area contributed by atoms with Gasteiger partial charge in [0.25, 0.3) is 0 Å². The SMILES string of the molecule is CC1OC(=O)C2CC3CCCCC3C(COC3CCN(Cc4ccccc4)C3)C12. The highest BCUT2D eigenvalue weighted by Crippen LogP contribution is 2.53. The number of likely N-dealkylation sites (tertiary alicyclic amines) is 1. The van der Waals surface area contributed by atoms with Gasteiger partial charge < -0.3 is 9.47 Å². The van der Waals surface area contributed by atoms with Crippen LogP contribution in [0.3, 0.4) is 0 Å². The molecule has 0 radical (unpaired) electrons. The minimum Gasteiger partial charge on any atom is -0.462 e. The Balaban J connectivity index is 1.21. The van der Waals surface area contributed by atoms with Crippen molar-refractivity contribution in [2.45, 2.75) is 64.2 Å². The molecule has 0 N–H and O–H groups in total. The van der Waals surface area contributed by atoms with Gasteiger partial charge in [-0.1, -0.05) is 49.6 Å². The van der Waals surface area contributed by atoms with Gasteiger partial charge in [0.05, 0.1) is 18.6 Å². The third-order valence-corrected chi connectivity index (χ3v) is 8.18. The summed E-state index contributed by atoms with van der Waals surface area (Å²) >= 11 is 0. The summed E-state index contributed by atoms with van der Waals surface area (Å²) in [4.78, 5) is 15.0. The predicted octanol–water partition coefficient (Wildman–Crippen LogP) is 4.28. The molecule has 2 saturated carbocycles. The van der Waals surface area contributed by atoms with Gasteiger partial charge in [0.1, 0.15) is 6.10 Å². The van der Waals surface area contributed by atoms with Crippen molar-refractivity contribution in [1.82, 2.24) is 4.90 Å². The highest BCUT2D eigenvalue weighted by molar-refractivity contribution is 5.75. The van der Waals surface area contributed by atoms with Crippen molar-refractivity contribution in [2.75, 3.05) is 19.7 Å². The molecule has 7 unspecified atom stereocenters. The Morgan fingerprint density at radius 2 is 1.97 bits per heavy atom. The van der Waals surface area contributed by atoms with Gasteiger partial charge in [-0.05, 0) is 49.5 Å². The molecule has 29 heavy (non-hydrogen) atoms. The minimum absolute atomic E-state index is 0.0575. The Morgan fingerprint density at radius 3 is 2.83 bits per heavy atom. The number of carbonyl (C=O) groups excluding carboxylic acids is 1. The van der Waals surface area contributed by atoms with Crippen LogP contribution in [0, 0.1) is 29.6 Å². The molecule has 4 aliphatic rings. The number of hydrogen-bond donors (Lipinski definition) is 0. The van der Waals surface area contributed by atoms with Gasteiger partial charge in [-0.2, -0.15) is 0 Å². The topological polar surface area (TPSA) is 38.8 Å². The fourth-order valence-corrected chi connectivity index (χ4v) is 6.84. The number of cyclic esters (lactones) is 1. The van der Waals surface area contributed by atoms with Crippen LogP contribution in [0.25, 0.3) is 0 Å².